The Bertz CT molecular complexity index is 1210. The molecule has 0 N–H and O–H groups in total. The summed E-state index contributed by atoms with van der Waals surface area (Å²) < 4.78 is 18.0. The molecule has 1 amide bonds. The number of benzene rings is 1. The third kappa shape index (κ3) is 4.83. The van der Waals surface area contributed by atoms with Crippen LogP contribution in [0.5, 0.6) is 11.5 Å². The maximum absolute atomic E-state index is 13.9. The van der Waals surface area contributed by atoms with Crippen LogP contribution in [0.2, 0.25) is 0 Å². The lowest BCUT2D eigenvalue weighted by molar-refractivity contribution is -0.131. The van der Waals surface area contributed by atoms with Gasteiger partial charge in [0, 0.05) is 6.20 Å². The van der Waals surface area contributed by atoms with Crippen molar-refractivity contribution in [3.63, 3.8) is 0 Å². The lowest BCUT2D eigenvalue weighted by Gasteiger charge is -2.35. The summed E-state index contributed by atoms with van der Waals surface area (Å²) in [5.74, 6) is 1.41. The summed E-state index contributed by atoms with van der Waals surface area (Å²) in [5.41, 5.74) is 2.18. The third-order valence-electron chi connectivity index (χ3n) is 7.67. The van der Waals surface area contributed by atoms with Crippen molar-refractivity contribution in [2.75, 3.05) is 18.6 Å². The highest BCUT2D eigenvalue weighted by Gasteiger charge is 2.52. The van der Waals surface area contributed by atoms with E-state index in [1.165, 1.54) is 12.8 Å². The number of fused-ring (bicyclic) bond motifs is 1. The van der Waals surface area contributed by atoms with Crippen LogP contribution in [0.3, 0.4) is 0 Å². The van der Waals surface area contributed by atoms with E-state index in [1.807, 2.05) is 37.3 Å². The molecular weight excluding hydrogens is 468 g/mol. The topological polar surface area (TPSA) is 78.0 Å². The second kappa shape index (κ2) is 11.0. The molecule has 7 heteroatoms. The summed E-state index contributed by atoms with van der Waals surface area (Å²) in [6.45, 7) is 4.75. The standard InChI is InChI=1S/C30H36N2O5/c1-4-5-6-9-16-36-23-13-12-20(18-24(23)35-3)27-26-28(33)21-10-7-8-11-22(21)37-29(26)30(34)32(27)25-17-19(2)14-15-31-25/h12-15,17-18,21-22,27H,4-11,16H2,1-3H3. The summed E-state index contributed by atoms with van der Waals surface area (Å²) in [6, 6.07) is 8.78. The van der Waals surface area contributed by atoms with Gasteiger partial charge >= 0.3 is 0 Å². The van der Waals surface area contributed by atoms with Crippen molar-refractivity contribution in [1.29, 1.82) is 0 Å². The first-order valence-corrected chi connectivity index (χ1v) is 13.6. The van der Waals surface area contributed by atoms with E-state index in [2.05, 4.69) is 11.9 Å². The minimum Gasteiger partial charge on any atom is -0.493 e. The van der Waals surface area contributed by atoms with E-state index >= 15 is 0 Å². The minimum absolute atomic E-state index is 0.0228. The van der Waals surface area contributed by atoms with Crippen LogP contribution in [-0.2, 0) is 14.3 Å². The van der Waals surface area contributed by atoms with Gasteiger partial charge in [0.1, 0.15) is 11.9 Å². The highest BCUT2D eigenvalue weighted by Crippen LogP contribution is 2.49. The maximum Gasteiger partial charge on any atom is 0.295 e. The zero-order valence-electron chi connectivity index (χ0n) is 22.0. The predicted octanol–water partition coefficient (Wildman–Crippen LogP) is 5.86. The van der Waals surface area contributed by atoms with Gasteiger partial charge in [0.2, 0.25) is 0 Å². The van der Waals surface area contributed by atoms with Crippen LogP contribution < -0.4 is 14.4 Å². The zero-order chi connectivity index (χ0) is 25.9. The van der Waals surface area contributed by atoms with Crippen molar-refractivity contribution in [2.24, 2.45) is 5.92 Å². The smallest absolute Gasteiger partial charge is 0.295 e. The van der Waals surface area contributed by atoms with Gasteiger partial charge in [-0.15, -0.1) is 0 Å². The monoisotopic (exact) mass is 504 g/mol. The number of Topliss-reactive ketones (excluding diaryl/α,β-unsaturated/α-hetero) is 1. The van der Waals surface area contributed by atoms with Gasteiger partial charge in [0.15, 0.2) is 23.0 Å². The number of rotatable bonds is 9. The molecule has 3 atom stereocenters. The van der Waals surface area contributed by atoms with E-state index in [0.717, 1.165) is 49.7 Å². The van der Waals surface area contributed by atoms with Crippen LogP contribution >= 0.6 is 0 Å². The van der Waals surface area contributed by atoms with E-state index in [4.69, 9.17) is 14.2 Å². The van der Waals surface area contributed by atoms with Crippen LogP contribution in [0.4, 0.5) is 5.82 Å². The molecule has 1 aromatic carbocycles. The summed E-state index contributed by atoms with van der Waals surface area (Å²) >= 11 is 0. The van der Waals surface area contributed by atoms with Crippen molar-refractivity contribution in [1.82, 2.24) is 4.98 Å². The number of hydrogen-bond donors (Lipinski definition) is 0. The highest BCUT2D eigenvalue weighted by atomic mass is 16.5. The molecular formula is C30H36N2O5. The predicted molar refractivity (Wildman–Crippen MR) is 141 cm³/mol. The van der Waals surface area contributed by atoms with Crippen LogP contribution in [0, 0.1) is 12.8 Å². The average molecular weight is 505 g/mol. The number of pyridine rings is 1. The Morgan fingerprint density at radius 3 is 2.68 bits per heavy atom. The largest absolute Gasteiger partial charge is 0.493 e. The number of anilines is 1. The Morgan fingerprint density at radius 2 is 1.89 bits per heavy atom. The van der Waals surface area contributed by atoms with Crippen LogP contribution in [0.1, 0.15) is 75.5 Å². The first-order valence-electron chi connectivity index (χ1n) is 13.6. The Kier molecular flexibility index (Phi) is 7.49. The van der Waals surface area contributed by atoms with Gasteiger partial charge in [-0.3, -0.25) is 14.5 Å². The molecule has 1 saturated carbocycles. The number of nitrogens with zero attached hydrogens (tertiary/aromatic N) is 2. The van der Waals surface area contributed by atoms with Crippen LogP contribution in [0.25, 0.3) is 0 Å². The molecule has 1 aromatic heterocycles. The van der Waals surface area contributed by atoms with Gasteiger partial charge in [0.25, 0.3) is 5.91 Å². The molecule has 5 rings (SSSR count). The van der Waals surface area contributed by atoms with Gasteiger partial charge in [-0.05, 0) is 68.0 Å². The zero-order valence-corrected chi connectivity index (χ0v) is 22.0. The second-order valence-corrected chi connectivity index (χ2v) is 10.2. The van der Waals surface area contributed by atoms with Gasteiger partial charge in [-0.1, -0.05) is 38.7 Å². The third-order valence-corrected chi connectivity index (χ3v) is 7.67. The quantitative estimate of drug-likeness (QED) is 0.398. The van der Waals surface area contributed by atoms with Crippen molar-refractivity contribution < 1.29 is 23.8 Å². The second-order valence-electron chi connectivity index (χ2n) is 10.2. The van der Waals surface area contributed by atoms with Crippen molar-refractivity contribution in [3.8, 4) is 11.5 Å². The Morgan fingerprint density at radius 1 is 1.05 bits per heavy atom. The number of unbranched alkanes of at least 4 members (excludes halogenated alkanes) is 3. The fourth-order valence-electron chi connectivity index (χ4n) is 5.73. The molecule has 37 heavy (non-hydrogen) atoms. The van der Waals surface area contributed by atoms with Crippen molar-refractivity contribution in [2.45, 2.75) is 77.4 Å². The van der Waals surface area contributed by atoms with Crippen molar-refractivity contribution >= 4 is 17.5 Å². The fourth-order valence-corrected chi connectivity index (χ4v) is 5.73. The first-order chi connectivity index (χ1) is 18.0. The van der Waals surface area contributed by atoms with Crippen molar-refractivity contribution in [3.05, 3.63) is 59.0 Å². The van der Waals surface area contributed by atoms with Gasteiger partial charge < -0.3 is 14.2 Å². The number of amides is 1. The molecule has 2 aromatic rings. The summed E-state index contributed by atoms with van der Waals surface area (Å²) in [6.07, 6.45) is 9.52. The number of aromatic nitrogens is 1. The molecule has 7 nitrogen and oxygen atoms in total. The SMILES string of the molecule is CCCCCCOc1ccc(C2C3=C(OC4CCCCC4C3=O)C(=O)N2c2cc(C)ccn2)cc1OC. The van der Waals surface area contributed by atoms with E-state index in [-0.39, 0.29) is 29.5 Å². The Hall–Kier alpha value is -3.35. The molecule has 3 heterocycles. The van der Waals surface area contributed by atoms with Gasteiger partial charge in [0.05, 0.1) is 31.2 Å². The number of hydrogen-bond acceptors (Lipinski definition) is 6. The molecule has 0 spiro atoms. The van der Waals surface area contributed by atoms with E-state index in [1.54, 1.807) is 18.2 Å². The molecule has 3 unspecified atom stereocenters. The van der Waals surface area contributed by atoms with Crippen LogP contribution in [0.15, 0.2) is 47.9 Å². The Balaban J connectivity index is 1.53. The van der Waals surface area contributed by atoms with E-state index in [9.17, 15) is 9.59 Å². The molecule has 0 bridgehead atoms. The van der Waals surface area contributed by atoms with E-state index < -0.39 is 6.04 Å². The number of carbonyl (C=O) groups is 2. The average Bonchev–Trinajstić information content (AvgIpc) is 3.21. The molecule has 0 saturated heterocycles. The number of ether oxygens (including phenoxy) is 3. The number of aryl methyl sites for hydroxylation is 1. The molecule has 1 aliphatic carbocycles. The summed E-state index contributed by atoms with van der Waals surface area (Å²) in [5, 5.41) is 0. The number of methoxy groups -OCH3 is 1. The van der Waals surface area contributed by atoms with Gasteiger partial charge in [-0.2, -0.15) is 0 Å². The first kappa shape index (κ1) is 25.3. The normalized spacial score (nSPS) is 23.0. The fraction of sp³-hybridized carbons (Fsp3) is 0.500. The number of ketones is 1. The van der Waals surface area contributed by atoms with Crippen LogP contribution in [-0.4, -0.2) is 36.5 Å². The molecule has 0 radical (unpaired) electrons. The van der Waals surface area contributed by atoms with E-state index in [0.29, 0.717) is 29.5 Å². The van der Waals surface area contributed by atoms with Gasteiger partial charge in [-0.25, -0.2) is 4.98 Å². The number of carbonyl (C=O) groups excluding carboxylic acids is 2. The minimum atomic E-state index is -0.639. The highest BCUT2D eigenvalue weighted by molar-refractivity contribution is 6.17. The Labute approximate surface area is 218 Å². The summed E-state index contributed by atoms with van der Waals surface area (Å²) in [7, 11) is 1.61. The molecule has 3 aliphatic rings. The lowest BCUT2D eigenvalue weighted by atomic mass is 9.77. The maximum atomic E-state index is 13.9. The molecule has 1 fully saturated rings. The molecule has 2 aliphatic heterocycles. The molecule has 196 valence electrons. The summed E-state index contributed by atoms with van der Waals surface area (Å²) in [4.78, 5) is 33.8. The lowest BCUT2D eigenvalue weighted by Crippen LogP contribution is -2.39.